The van der Waals surface area contributed by atoms with E-state index in [1.165, 1.54) is 32.4 Å². The lowest BCUT2D eigenvalue weighted by Crippen LogP contribution is -2.23. The van der Waals surface area contributed by atoms with E-state index in [2.05, 4.69) is 4.72 Å². The number of methoxy groups -OCH3 is 2. The number of carbonyl (C=O) groups excluding carboxylic acids is 1. The van der Waals surface area contributed by atoms with Crippen molar-refractivity contribution in [2.24, 2.45) is 0 Å². The van der Waals surface area contributed by atoms with Crippen molar-refractivity contribution in [2.45, 2.75) is 18.4 Å². The molecule has 2 aromatic rings. The third kappa shape index (κ3) is 6.45. The molecule has 2 rings (SSSR count). The molecule has 158 valence electrons. The van der Waals surface area contributed by atoms with Gasteiger partial charge in [0.2, 0.25) is 10.0 Å². The van der Waals surface area contributed by atoms with Crippen LogP contribution in [0.4, 0.5) is 0 Å². The summed E-state index contributed by atoms with van der Waals surface area (Å²) < 4.78 is 48.1. The van der Waals surface area contributed by atoms with Crippen LogP contribution in [0.25, 0.3) is 0 Å². The van der Waals surface area contributed by atoms with E-state index in [9.17, 15) is 13.2 Å². The molecule has 0 amide bonds. The lowest BCUT2D eigenvalue weighted by Gasteiger charge is -2.11. The number of nitrogens with one attached hydrogen (secondary N) is 1. The summed E-state index contributed by atoms with van der Waals surface area (Å²) in [7, 11) is -1.03. The highest BCUT2D eigenvalue weighted by Crippen LogP contribution is 2.21. The standard InChI is InChI=1S/C20H25NO7S/c1-4-27-11-12-28-16-6-8-17(9-7-16)29(23,24)21-14-15-5-10-19(25-2)18(13-15)20(22)26-3/h5-10,13,21H,4,11-12,14H2,1-3H3. The maximum absolute atomic E-state index is 12.5. The van der Waals surface area contributed by atoms with Crippen molar-refractivity contribution >= 4 is 16.0 Å². The first kappa shape index (κ1) is 22.7. The number of ether oxygens (including phenoxy) is 4. The third-order valence-corrected chi connectivity index (χ3v) is 5.39. The average molecular weight is 423 g/mol. The van der Waals surface area contributed by atoms with Crippen LogP contribution in [0.15, 0.2) is 47.4 Å². The Bertz CT molecular complexity index is 911. The Labute approximate surface area is 170 Å². The number of rotatable bonds is 11. The fraction of sp³-hybridized carbons (Fsp3) is 0.350. The Kier molecular flexibility index (Phi) is 8.44. The number of hydrogen-bond donors (Lipinski definition) is 1. The maximum atomic E-state index is 12.5. The molecule has 0 atom stereocenters. The Hall–Kier alpha value is -2.62. The summed E-state index contributed by atoms with van der Waals surface area (Å²) in [6.45, 7) is 3.37. The van der Waals surface area contributed by atoms with Crippen molar-refractivity contribution in [2.75, 3.05) is 34.0 Å². The lowest BCUT2D eigenvalue weighted by atomic mass is 10.1. The van der Waals surface area contributed by atoms with E-state index >= 15 is 0 Å². The van der Waals surface area contributed by atoms with Gasteiger partial charge in [0, 0.05) is 13.2 Å². The first-order chi connectivity index (χ1) is 13.9. The summed E-state index contributed by atoms with van der Waals surface area (Å²) >= 11 is 0. The van der Waals surface area contributed by atoms with Gasteiger partial charge >= 0.3 is 5.97 Å². The second-order valence-electron chi connectivity index (χ2n) is 5.87. The predicted molar refractivity (Wildman–Crippen MR) is 107 cm³/mol. The summed E-state index contributed by atoms with van der Waals surface area (Å²) in [5.74, 6) is 0.344. The van der Waals surface area contributed by atoms with Gasteiger partial charge in [-0.05, 0) is 48.9 Å². The first-order valence-electron chi connectivity index (χ1n) is 8.96. The normalized spacial score (nSPS) is 11.1. The van der Waals surface area contributed by atoms with E-state index in [4.69, 9.17) is 18.9 Å². The van der Waals surface area contributed by atoms with Gasteiger partial charge in [-0.1, -0.05) is 6.07 Å². The van der Waals surface area contributed by atoms with Gasteiger partial charge in [0.25, 0.3) is 0 Å². The van der Waals surface area contributed by atoms with Crippen molar-refractivity contribution < 1.29 is 32.2 Å². The second-order valence-corrected chi connectivity index (χ2v) is 7.63. The van der Waals surface area contributed by atoms with Crippen LogP contribution in [-0.4, -0.2) is 48.4 Å². The second kappa shape index (κ2) is 10.8. The van der Waals surface area contributed by atoms with Crippen LogP contribution >= 0.6 is 0 Å². The van der Waals surface area contributed by atoms with Crippen LogP contribution in [-0.2, 0) is 26.0 Å². The number of benzene rings is 2. The van der Waals surface area contributed by atoms with Crippen molar-refractivity contribution in [3.05, 3.63) is 53.6 Å². The van der Waals surface area contributed by atoms with Gasteiger partial charge in [-0.15, -0.1) is 0 Å². The van der Waals surface area contributed by atoms with E-state index in [1.807, 2.05) is 6.92 Å². The minimum Gasteiger partial charge on any atom is -0.496 e. The van der Waals surface area contributed by atoms with Gasteiger partial charge < -0.3 is 18.9 Å². The van der Waals surface area contributed by atoms with Gasteiger partial charge in [-0.3, -0.25) is 0 Å². The number of carbonyl (C=O) groups is 1. The molecule has 1 N–H and O–H groups in total. The van der Waals surface area contributed by atoms with E-state index in [1.54, 1.807) is 24.3 Å². The van der Waals surface area contributed by atoms with Gasteiger partial charge in [0.05, 0.1) is 25.7 Å². The maximum Gasteiger partial charge on any atom is 0.341 e. The minimum atomic E-state index is -3.74. The first-order valence-corrected chi connectivity index (χ1v) is 10.4. The summed E-state index contributed by atoms with van der Waals surface area (Å²) in [6.07, 6.45) is 0. The van der Waals surface area contributed by atoms with Gasteiger partial charge in [0.1, 0.15) is 23.7 Å². The van der Waals surface area contributed by atoms with Gasteiger partial charge in [0.15, 0.2) is 0 Å². The molecule has 0 unspecified atom stereocenters. The van der Waals surface area contributed by atoms with Crippen LogP contribution < -0.4 is 14.2 Å². The number of hydrogen-bond acceptors (Lipinski definition) is 7. The smallest absolute Gasteiger partial charge is 0.341 e. The molecule has 0 fully saturated rings. The quantitative estimate of drug-likeness (QED) is 0.437. The zero-order chi connectivity index (χ0) is 21.3. The van der Waals surface area contributed by atoms with Gasteiger partial charge in [-0.2, -0.15) is 0 Å². The lowest BCUT2D eigenvalue weighted by molar-refractivity contribution is 0.0597. The topological polar surface area (TPSA) is 100 Å². The molecule has 29 heavy (non-hydrogen) atoms. The largest absolute Gasteiger partial charge is 0.496 e. The highest BCUT2D eigenvalue weighted by molar-refractivity contribution is 7.89. The average Bonchev–Trinajstić information content (AvgIpc) is 2.75. The minimum absolute atomic E-state index is 0.00291. The highest BCUT2D eigenvalue weighted by atomic mass is 32.2. The summed E-state index contributed by atoms with van der Waals surface area (Å²) in [4.78, 5) is 12.0. The highest BCUT2D eigenvalue weighted by Gasteiger charge is 2.16. The SMILES string of the molecule is CCOCCOc1ccc(S(=O)(=O)NCc2ccc(OC)c(C(=O)OC)c2)cc1. The summed E-state index contributed by atoms with van der Waals surface area (Å²) in [5.41, 5.74) is 0.811. The Morgan fingerprint density at radius 3 is 2.38 bits per heavy atom. The number of esters is 1. The molecule has 0 radical (unpaired) electrons. The summed E-state index contributed by atoms with van der Waals surface area (Å²) in [5, 5.41) is 0. The van der Waals surface area contributed by atoms with E-state index in [0.29, 0.717) is 36.9 Å². The zero-order valence-corrected chi connectivity index (χ0v) is 17.5. The van der Waals surface area contributed by atoms with Crippen LogP contribution in [0, 0.1) is 0 Å². The Balaban J connectivity index is 2.03. The van der Waals surface area contributed by atoms with Crippen LogP contribution in [0.1, 0.15) is 22.8 Å². The molecule has 0 spiro atoms. The fourth-order valence-corrected chi connectivity index (χ4v) is 3.49. The third-order valence-electron chi connectivity index (χ3n) is 3.97. The molecular weight excluding hydrogens is 398 g/mol. The molecule has 0 heterocycles. The number of sulfonamides is 1. The van der Waals surface area contributed by atoms with E-state index in [0.717, 1.165) is 0 Å². The molecular formula is C20H25NO7S. The molecule has 9 heteroatoms. The predicted octanol–water partition coefficient (Wildman–Crippen LogP) is 2.38. The van der Waals surface area contributed by atoms with Crippen molar-refractivity contribution in [3.63, 3.8) is 0 Å². The fourth-order valence-electron chi connectivity index (χ4n) is 2.47. The Morgan fingerprint density at radius 2 is 1.76 bits per heavy atom. The molecule has 0 aliphatic rings. The molecule has 0 aliphatic carbocycles. The molecule has 0 saturated heterocycles. The molecule has 0 saturated carbocycles. The molecule has 0 aromatic heterocycles. The summed E-state index contributed by atoms with van der Waals surface area (Å²) in [6, 6.07) is 10.9. The monoisotopic (exact) mass is 423 g/mol. The van der Waals surface area contributed by atoms with Crippen molar-refractivity contribution in [1.82, 2.24) is 4.72 Å². The molecule has 0 aliphatic heterocycles. The van der Waals surface area contributed by atoms with Crippen LogP contribution in [0.3, 0.4) is 0 Å². The van der Waals surface area contributed by atoms with Gasteiger partial charge in [-0.25, -0.2) is 17.9 Å². The Morgan fingerprint density at radius 1 is 1.03 bits per heavy atom. The van der Waals surface area contributed by atoms with E-state index in [-0.39, 0.29) is 17.0 Å². The van der Waals surface area contributed by atoms with Crippen LogP contribution in [0.5, 0.6) is 11.5 Å². The van der Waals surface area contributed by atoms with Crippen molar-refractivity contribution in [3.8, 4) is 11.5 Å². The molecule has 8 nitrogen and oxygen atoms in total. The van der Waals surface area contributed by atoms with Crippen molar-refractivity contribution in [1.29, 1.82) is 0 Å². The molecule has 0 bridgehead atoms. The molecule has 2 aromatic carbocycles. The zero-order valence-electron chi connectivity index (χ0n) is 16.6. The van der Waals surface area contributed by atoms with E-state index < -0.39 is 16.0 Å². The van der Waals surface area contributed by atoms with Crippen LogP contribution in [0.2, 0.25) is 0 Å².